The fourth-order valence-electron chi connectivity index (χ4n) is 2.50. The Labute approximate surface area is 158 Å². The number of hydrogen-bond donors (Lipinski definition) is 1. The molecule has 1 amide bonds. The van der Waals surface area contributed by atoms with Crippen LogP contribution in [0.2, 0.25) is 0 Å². The average Bonchev–Trinajstić information content (AvgIpc) is 2.62. The van der Waals surface area contributed by atoms with E-state index >= 15 is 0 Å². The summed E-state index contributed by atoms with van der Waals surface area (Å²) in [5.74, 6) is 0.0836. The van der Waals surface area contributed by atoms with Crippen molar-refractivity contribution in [1.29, 1.82) is 0 Å². The van der Waals surface area contributed by atoms with E-state index in [4.69, 9.17) is 4.74 Å². The van der Waals surface area contributed by atoms with Gasteiger partial charge in [0.15, 0.2) is 6.10 Å². The van der Waals surface area contributed by atoms with Crippen LogP contribution in [-0.2, 0) is 4.79 Å². The van der Waals surface area contributed by atoms with Gasteiger partial charge in [-0.25, -0.2) is 0 Å². The highest BCUT2D eigenvalue weighted by Gasteiger charge is 2.20. The lowest BCUT2D eigenvalue weighted by Crippen LogP contribution is -2.30. The number of nitro groups is 1. The Kier molecular flexibility index (Phi) is 5.18. The van der Waals surface area contributed by atoms with E-state index in [0.29, 0.717) is 5.75 Å². The minimum atomic E-state index is -0.817. The number of nitro benzene ring substituents is 1. The number of fused-ring (bicyclic) bond motifs is 1. The molecular formula is C19H15BrN2O4. The third kappa shape index (κ3) is 4.00. The second-order valence-corrected chi connectivity index (χ2v) is 6.59. The molecule has 0 aliphatic carbocycles. The van der Waals surface area contributed by atoms with Gasteiger partial charge in [-0.1, -0.05) is 40.2 Å². The quantitative estimate of drug-likeness (QED) is 0.474. The molecule has 0 aliphatic heterocycles. The Balaban J connectivity index is 1.73. The van der Waals surface area contributed by atoms with Gasteiger partial charge in [0.05, 0.1) is 4.92 Å². The average molecular weight is 415 g/mol. The van der Waals surface area contributed by atoms with Crippen LogP contribution < -0.4 is 10.1 Å². The molecule has 0 spiro atoms. The number of amides is 1. The molecule has 132 valence electrons. The van der Waals surface area contributed by atoms with Crippen LogP contribution in [0.25, 0.3) is 10.8 Å². The fraction of sp³-hybridized carbons (Fsp3) is 0.105. The highest BCUT2D eigenvalue weighted by Crippen LogP contribution is 2.26. The number of nitrogens with zero attached hydrogens (tertiary/aromatic N) is 1. The zero-order valence-corrected chi connectivity index (χ0v) is 15.4. The maximum absolute atomic E-state index is 12.3. The van der Waals surface area contributed by atoms with Gasteiger partial charge in [0.1, 0.15) is 11.4 Å². The zero-order chi connectivity index (χ0) is 18.7. The first kappa shape index (κ1) is 17.9. The molecular weight excluding hydrogens is 400 g/mol. The smallest absolute Gasteiger partial charge is 0.292 e. The number of carbonyl (C=O) groups is 1. The molecule has 0 saturated carbocycles. The van der Waals surface area contributed by atoms with Gasteiger partial charge in [0, 0.05) is 10.5 Å². The molecule has 3 aromatic rings. The summed E-state index contributed by atoms with van der Waals surface area (Å²) in [6, 6.07) is 17.4. The number of carbonyl (C=O) groups excluding carboxylic acids is 1. The Morgan fingerprint density at radius 3 is 2.58 bits per heavy atom. The first-order valence-corrected chi connectivity index (χ1v) is 8.63. The van der Waals surface area contributed by atoms with Crippen LogP contribution in [0.15, 0.2) is 65.1 Å². The lowest BCUT2D eigenvalue weighted by atomic mass is 10.1. The molecule has 6 nitrogen and oxygen atoms in total. The van der Waals surface area contributed by atoms with E-state index in [1.807, 2.05) is 30.3 Å². The van der Waals surface area contributed by atoms with Crippen molar-refractivity contribution in [3.8, 4) is 5.75 Å². The minimum Gasteiger partial charge on any atom is -0.481 e. The predicted molar refractivity (Wildman–Crippen MR) is 103 cm³/mol. The van der Waals surface area contributed by atoms with Crippen LogP contribution in [0.3, 0.4) is 0 Å². The second kappa shape index (κ2) is 7.53. The number of benzene rings is 3. The summed E-state index contributed by atoms with van der Waals surface area (Å²) < 4.78 is 6.68. The molecule has 26 heavy (non-hydrogen) atoms. The normalized spacial score (nSPS) is 11.8. The Bertz CT molecular complexity index is 990. The van der Waals surface area contributed by atoms with Gasteiger partial charge in [0.2, 0.25) is 0 Å². The van der Waals surface area contributed by atoms with E-state index in [0.717, 1.165) is 15.2 Å². The van der Waals surface area contributed by atoms with Crippen LogP contribution in [0.5, 0.6) is 5.75 Å². The maximum Gasteiger partial charge on any atom is 0.292 e. The monoisotopic (exact) mass is 414 g/mol. The number of ether oxygens (including phenoxy) is 1. The molecule has 0 radical (unpaired) electrons. The van der Waals surface area contributed by atoms with Gasteiger partial charge in [-0.2, -0.15) is 0 Å². The Hall–Kier alpha value is -2.93. The third-order valence-corrected chi connectivity index (χ3v) is 4.31. The summed E-state index contributed by atoms with van der Waals surface area (Å²) in [4.78, 5) is 22.8. The molecule has 0 heterocycles. The molecule has 0 aromatic heterocycles. The topological polar surface area (TPSA) is 81.5 Å². The summed E-state index contributed by atoms with van der Waals surface area (Å²) >= 11 is 3.43. The van der Waals surface area contributed by atoms with Gasteiger partial charge >= 0.3 is 0 Å². The maximum atomic E-state index is 12.3. The second-order valence-electron chi connectivity index (χ2n) is 5.68. The van der Waals surface area contributed by atoms with Gasteiger partial charge in [-0.05, 0) is 48.0 Å². The molecule has 3 rings (SSSR count). The number of hydrogen-bond acceptors (Lipinski definition) is 4. The van der Waals surface area contributed by atoms with Crippen molar-refractivity contribution in [2.75, 3.05) is 5.32 Å². The van der Waals surface area contributed by atoms with Crippen molar-refractivity contribution in [2.45, 2.75) is 13.0 Å². The molecule has 0 aliphatic rings. The Morgan fingerprint density at radius 2 is 1.81 bits per heavy atom. The molecule has 0 fully saturated rings. The van der Waals surface area contributed by atoms with Gasteiger partial charge < -0.3 is 10.1 Å². The highest BCUT2D eigenvalue weighted by molar-refractivity contribution is 9.10. The van der Waals surface area contributed by atoms with Gasteiger partial charge in [-0.15, -0.1) is 0 Å². The van der Waals surface area contributed by atoms with Gasteiger partial charge in [0.25, 0.3) is 11.6 Å². The number of rotatable bonds is 5. The van der Waals surface area contributed by atoms with Crippen LogP contribution in [0, 0.1) is 10.1 Å². The SMILES string of the molecule is CC(Oc1ccc2cc(Br)ccc2c1)C(=O)Nc1ccccc1[N+](=O)[O-]. The van der Waals surface area contributed by atoms with E-state index in [1.54, 1.807) is 25.1 Å². The molecule has 1 atom stereocenters. The van der Waals surface area contributed by atoms with Crippen LogP contribution in [0.4, 0.5) is 11.4 Å². The van der Waals surface area contributed by atoms with Crippen molar-refractivity contribution in [1.82, 2.24) is 0 Å². The summed E-state index contributed by atoms with van der Waals surface area (Å²) in [6.07, 6.45) is -0.817. The largest absolute Gasteiger partial charge is 0.481 e. The van der Waals surface area contributed by atoms with Gasteiger partial charge in [-0.3, -0.25) is 14.9 Å². The van der Waals surface area contributed by atoms with Crippen LogP contribution >= 0.6 is 15.9 Å². The van der Waals surface area contributed by atoms with Crippen molar-refractivity contribution in [3.05, 3.63) is 75.3 Å². The first-order valence-electron chi connectivity index (χ1n) is 7.84. The molecule has 0 bridgehead atoms. The molecule has 1 N–H and O–H groups in total. The van der Waals surface area contributed by atoms with Crippen molar-refractivity contribution in [2.24, 2.45) is 0 Å². The predicted octanol–water partition coefficient (Wildman–Crippen LogP) is 4.92. The molecule has 7 heteroatoms. The highest BCUT2D eigenvalue weighted by atomic mass is 79.9. The third-order valence-electron chi connectivity index (χ3n) is 3.81. The summed E-state index contributed by atoms with van der Waals surface area (Å²) in [6.45, 7) is 1.59. The van der Waals surface area contributed by atoms with E-state index in [9.17, 15) is 14.9 Å². The lowest BCUT2D eigenvalue weighted by molar-refractivity contribution is -0.383. The molecule has 3 aromatic carbocycles. The number of anilines is 1. The van der Waals surface area contributed by atoms with E-state index in [2.05, 4.69) is 21.2 Å². The zero-order valence-electron chi connectivity index (χ0n) is 13.8. The van der Waals surface area contributed by atoms with E-state index in [1.165, 1.54) is 12.1 Å². The molecule has 0 saturated heterocycles. The van der Waals surface area contributed by atoms with Crippen LogP contribution in [-0.4, -0.2) is 16.9 Å². The summed E-state index contributed by atoms with van der Waals surface area (Å²) in [5.41, 5.74) is -0.0226. The van der Waals surface area contributed by atoms with Crippen molar-refractivity contribution < 1.29 is 14.5 Å². The lowest BCUT2D eigenvalue weighted by Gasteiger charge is -2.15. The standard InChI is InChI=1S/C19H15BrN2O4/c1-12(19(23)21-17-4-2-3-5-18(17)22(24)25)26-16-9-7-13-10-15(20)8-6-14(13)11-16/h2-12H,1H3,(H,21,23). The van der Waals surface area contributed by atoms with E-state index < -0.39 is 16.9 Å². The van der Waals surface area contributed by atoms with Crippen molar-refractivity contribution in [3.63, 3.8) is 0 Å². The first-order chi connectivity index (χ1) is 12.4. The van der Waals surface area contributed by atoms with Crippen molar-refractivity contribution >= 4 is 44.0 Å². The number of halogens is 1. The fourth-order valence-corrected chi connectivity index (χ4v) is 2.88. The Morgan fingerprint density at radius 1 is 1.12 bits per heavy atom. The molecule has 1 unspecified atom stereocenters. The number of para-hydroxylation sites is 2. The van der Waals surface area contributed by atoms with Crippen LogP contribution in [0.1, 0.15) is 6.92 Å². The number of nitrogens with one attached hydrogen (secondary N) is 1. The summed E-state index contributed by atoms with van der Waals surface area (Å²) in [7, 11) is 0. The summed E-state index contributed by atoms with van der Waals surface area (Å²) in [5, 5.41) is 15.6. The minimum absolute atomic E-state index is 0.140. The van der Waals surface area contributed by atoms with E-state index in [-0.39, 0.29) is 11.4 Å².